The summed E-state index contributed by atoms with van der Waals surface area (Å²) in [7, 11) is 0. The van der Waals surface area contributed by atoms with Gasteiger partial charge in [0.05, 0.1) is 17.2 Å². The minimum atomic E-state index is -0.834. The van der Waals surface area contributed by atoms with Crippen molar-refractivity contribution in [2.75, 3.05) is 0 Å². The van der Waals surface area contributed by atoms with Crippen LogP contribution in [0.3, 0.4) is 0 Å². The first-order chi connectivity index (χ1) is 17.1. The molecule has 4 atom stereocenters. The Balaban J connectivity index is 1.68. The number of esters is 2. The van der Waals surface area contributed by atoms with Gasteiger partial charge in [-0.3, -0.25) is 0 Å². The van der Waals surface area contributed by atoms with E-state index in [1.165, 1.54) is 0 Å². The summed E-state index contributed by atoms with van der Waals surface area (Å²) < 4.78 is 24.1. The molecule has 0 spiro atoms. The number of ether oxygens (including phenoxy) is 4. The van der Waals surface area contributed by atoms with Crippen molar-refractivity contribution in [1.29, 1.82) is 0 Å². The van der Waals surface area contributed by atoms with Crippen LogP contribution in [0, 0.1) is 13.8 Å². The van der Waals surface area contributed by atoms with E-state index < -0.39 is 24.0 Å². The molecule has 2 aliphatic rings. The monoisotopic (exact) mass is 490 g/mol. The number of rotatable bonds is 2. The highest BCUT2D eigenvalue weighted by Gasteiger charge is 2.45. The van der Waals surface area contributed by atoms with E-state index in [0.29, 0.717) is 24.0 Å². The molecule has 0 amide bonds. The van der Waals surface area contributed by atoms with Crippen molar-refractivity contribution in [3.05, 3.63) is 88.5 Å². The summed E-state index contributed by atoms with van der Waals surface area (Å²) in [5.41, 5.74) is 3.78. The second kappa shape index (κ2) is 10.8. The van der Waals surface area contributed by atoms with E-state index in [4.69, 9.17) is 18.9 Å². The van der Waals surface area contributed by atoms with Gasteiger partial charge in [-0.25, -0.2) is 9.59 Å². The fraction of sp³-hybridized carbons (Fsp3) is 0.400. The Morgan fingerprint density at radius 3 is 2.53 bits per heavy atom. The summed E-state index contributed by atoms with van der Waals surface area (Å²) >= 11 is 0. The van der Waals surface area contributed by atoms with Gasteiger partial charge in [0.1, 0.15) is 18.3 Å². The van der Waals surface area contributed by atoms with E-state index in [9.17, 15) is 9.59 Å². The third-order valence-corrected chi connectivity index (χ3v) is 6.28. The van der Waals surface area contributed by atoms with Gasteiger partial charge in [0.25, 0.3) is 0 Å². The lowest BCUT2D eigenvalue weighted by atomic mass is 9.97. The van der Waals surface area contributed by atoms with Gasteiger partial charge in [-0.05, 0) is 70.4 Å². The molecule has 0 aromatic heterocycles. The molecule has 2 aromatic carbocycles. The van der Waals surface area contributed by atoms with Gasteiger partial charge in [0, 0.05) is 6.42 Å². The maximum Gasteiger partial charge on any atom is 0.339 e. The second-order valence-electron chi connectivity index (χ2n) is 9.94. The fourth-order valence-electron chi connectivity index (χ4n) is 4.74. The van der Waals surface area contributed by atoms with Crippen molar-refractivity contribution in [3.63, 3.8) is 0 Å². The van der Waals surface area contributed by atoms with Crippen LogP contribution in [0.5, 0.6) is 0 Å². The van der Waals surface area contributed by atoms with Gasteiger partial charge in [0.15, 0.2) is 5.79 Å². The lowest BCUT2D eigenvalue weighted by Crippen LogP contribution is -2.37. The van der Waals surface area contributed by atoms with Crippen molar-refractivity contribution < 1.29 is 28.5 Å². The van der Waals surface area contributed by atoms with Crippen LogP contribution >= 0.6 is 0 Å². The van der Waals surface area contributed by atoms with E-state index in [2.05, 4.69) is 0 Å². The molecule has 0 N–H and O–H groups in total. The zero-order valence-corrected chi connectivity index (χ0v) is 21.5. The predicted octanol–water partition coefficient (Wildman–Crippen LogP) is 5.96. The Kier molecular flexibility index (Phi) is 7.76. The third kappa shape index (κ3) is 6.12. The van der Waals surface area contributed by atoms with Crippen molar-refractivity contribution in [2.45, 2.75) is 77.7 Å². The Morgan fingerprint density at radius 2 is 1.78 bits per heavy atom. The molecule has 0 radical (unpaired) electrons. The first-order valence-electron chi connectivity index (χ1n) is 12.4. The molecule has 2 aromatic rings. The van der Waals surface area contributed by atoms with Crippen LogP contribution in [0.4, 0.5) is 0 Å². The first kappa shape index (κ1) is 25.9. The summed E-state index contributed by atoms with van der Waals surface area (Å²) in [5.74, 6) is -1.62. The van der Waals surface area contributed by atoms with Crippen LogP contribution in [-0.2, 0) is 18.9 Å². The zero-order chi connectivity index (χ0) is 25.9. The van der Waals surface area contributed by atoms with Crippen LogP contribution in [0.1, 0.15) is 71.0 Å². The van der Waals surface area contributed by atoms with Gasteiger partial charge in [0.2, 0.25) is 0 Å². The molecule has 0 aliphatic carbocycles. The van der Waals surface area contributed by atoms with Crippen LogP contribution in [0.15, 0.2) is 60.7 Å². The minimum Gasteiger partial charge on any atom is -0.459 e. The number of carbonyl (C=O) groups is 2. The molecule has 0 saturated carbocycles. The Morgan fingerprint density at radius 1 is 1.03 bits per heavy atom. The van der Waals surface area contributed by atoms with E-state index in [1.54, 1.807) is 24.3 Å². The van der Waals surface area contributed by atoms with Crippen molar-refractivity contribution in [2.24, 2.45) is 0 Å². The molecule has 1 unspecified atom stereocenters. The normalized spacial score (nSPS) is 27.6. The minimum absolute atomic E-state index is 0.350. The molecule has 6 nitrogen and oxygen atoms in total. The van der Waals surface area contributed by atoms with Crippen molar-refractivity contribution in [3.8, 4) is 0 Å². The number of hydrogen-bond donors (Lipinski definition) is 0. The predicted molar refractivity (Wildman–Crippen MR) is 138 cm³/mol. The highest BCUT2D eigenvalue weighted by Crippen LogP contribution is 2.34. The van der Waals surface area contributed by atoms with Gasteiger partial charge in [-0.15, -0.1) is 0 Å². The lowest BCUT2D eigenvalue weighted by molar-refractivity contribution is -0.152. The van der Waals surface area contributed by atoms with Crippen LogP contribution in [0.25, 0.3) is 6.08 Å². The topological polar surface area (TPSA) is 71.1 Å². The second-order valence-corrected chi connectivity index (χ2v) is 9.94. The number of hydrogen-bond acceptors (Lipinski definition) is 6. The highest BCUT2D eigenvalue weighted by atomic mass is 16.8. The quantitative estimate of drug-likeness (QED) is 0.382. The van der Waals surface area contributed by atoms with Gasteiger partial charge < -0.3 is 18.9 Å². The Hall–Kier alpha value is -3.22. The Labute approximate surface area is 212 Å². The molecule has 2 heterocycles. The number of fused-ring (bicyclic) bond motifs is 2. The third-order valence-electron chi connectivity index (χ3n) is 6.28. The van der Waals surface area contributed by atoms with Crippen LogP contribution in [-0.4, -0.2) is 42.1 Å². The summed E-state index contributed by atoms with van der Waals surface area (Å²) in [6, 6.07) is 12.8. The van der Waals surface area contributed by atoms with Crippen molar-refractivity contribution in [1.82, 2.24) is 0 Å². The number of aryl methyl sites for hydroxylation is 2. The maximum atomic E-state index is 13.1. The standard InChI is InChI=1S/C30H34O6/c1-19-17-20(2)26-23(18-19)14-10-16-25-27(36-30(4,5)35-25)24(15-9-11-21(3)33-29(26)32)34-28(31)22-12-7-6-8-13-22/h6-10,12-15,17-18,21,24-25,27H,11,16H2,1-5H3/b14-10+,15-9-/t21-,24?,25-,27+/m0/s1. The summed E-state index contributed by atoms with van der Waals surface area (Å²) in [6.45, 7) is 9.48. The van der Waals surface area contributed by atoms with E-state index >= 15 is 0 Å². The Bertz CT molecular complexity index is 1160. The van der Waals surface area contributed by atoms with Crippen LogP contribution in [0.2, 0.25) is 0 Å². The summed E-state index contributed by atoms with van der Waals surface area (Å²) in [5, 5.41) is 0. The molecule has 190 valence electrons. The molecule has 36 heavy (non-hydrogen) atoms. The SMILES string of the molecule is Cc1cc(C)c2c(c1)/C=C/C[C@@H]1OC(C)(C)O[C@@H]1C(OC(=O)c1ccccc1)/C=C\C[C@H](C)OC2=O. The molecule has 1 saturated heterocycles. The van der Waals surface area contributed by atoms with Crippen molar-refractivity contribution >= 4 is 18.0 Å². The summed E-state index contributed by atoms with van der Waals surface area (Å²) in [6.07, 6.45) is 6.66. The number of benzene rings is 2. The molecule has 0 bridgehead atoms. The first-order valence-corrected chi connectivity index (χ1v) is 12.4. The van der Waals surface area contributed by atoms with E-state index in [1.807, 2.05) is 77.1 Å². The fourth-order valence-corrected chi connectivity index (χ4v) is 4.74. The van der Waals surface area contributed by atoms with Crippen LogP contribution < -0.4 is 0 Å². The average Bonchev–Trinajstić information content (AvgIpc) is 3.12. The molecule has 2 aliphatic heterocycles. The van der Waals surface area contributed by atoms with Gasteiger partial charge in [-0.2, -0.15) is 0 Å². The maximum absolute atomic E-state index is 13.1. The lowest BCUT2D eigenvalue weighted by Gasteiger charge is -2.24. The molecule has 1 fully saturated rings. The summed E-state index contributed by atoms with van der Waals surface area (Å²) in [4.78, 5) is 26.0. The van der Waals surface area contributed by atoms with E-state index in [0.717, 1.165) is 16.7 Å². The largest absolute Gasteiger partial charge is 0.459 e. The van der Waals surface area contributed by atoms with E-state index in [-0.39, 0.29) is 18.2 Å². The average molecular weight is 491 g/mol. The highest BCUT2D eigenvalue weighted by molar-refractivity contribution is 5.95. The van der Waals surface area contributed by atoms with Gasteiger partial charge in [-0.1, -0.05) is 54.1 Å². The molecular weight excluding hydrogens is 456 g/mol. The van der Waals surface area contributed by atoms with Gasteiger partial charge >= 0.3 is 11.9 Å². The number of cyclic esters (lactones) is 1. The molecular formula is C30H34O6. The smallest absolute Gasteiger partial charge is 0.339 e. The molecule has 6 heteroatoms. The molecule has 4 rings (SSSR count). The zero-order valence-electron chi connectivity index (χ0n) is 21.5. The number of carbonyl (C=O) groups excluding carboxylic acids is 2.